The average Bonchev–Trinajstić information content (AvgIpc) is 2.39. The van der Waals surface area contributed by atoms with Gasteiger partial charge >= 0.3 is 0 Å². The van der Waals surface area contributed by atoms with Gasteiger partial charge in [-0.2, -0.15) is 0 Å². The quantitative estimate of drug-likeness (QED) is 0.733. The summed E-state index contributed by atoms with van der Waals surface area (Å²) in [6.07, 6.45) is 1.10. The Morgan fingerprint density at radius 1 is 1.25 bits per heavy atom. The van der Waals surface area contributed by atoms with E-state index in [-0.39, 0.29) is 0 Å². The average molecular weight is 364 g/mol. The predicted octanol–water partition coefficient (Wildman–Crippen LogP) is 0.593. The van der Waals surface area contributed by atoms with E-state index in [0.717, 1.165) is 33.8 Å². The number of hydrogen-bond acceptors (Lipinski definition) is 1. The number of hydrogen-bond donors (Lipinski definition) is 2. The molecule has 2 N–H and O–H groups in total. The van der Waals surface area contributed by atoms with Gasteiger partial charge in [0.25, 0.3) is 0 Å². The van der Waals surface area contributed by atoms with E-state index >= 15 is 0 Å². The highest BCUT2D eigenvalue weighted by Crippen LogP contribution is 2.32. The van der Waals surface area contributed by atoms with Gasteiger partial charge < -0.3 is 14.5 Å². The molecular formula is C15H24BrClN2O+2. The molecule has 1 heterocycles. The van der Waals surface area contributed by atoms with Crippen LogP contribution in [0.25, 0.3) is 0 Å². The Labute approximate surface area is 135 Å². The molecule has 1 aromatic carbocycles. The maximum absolute atomic E-state index is 6.01. The van der Waals surface area contributed by atoms with Gasteiger partial charge in [0.05, 0.1) is 24.7 Å². The number of likely N-dealkylation sites (N-methyl/N-ethyl adjacent to an activating group) is 1. The third-order valence-electron chi connectivity index (χ3n) is 3.93. The number of aryl methyl sites for hydroxylation is 1. The Morgan fingerprint density at radius 2 is 1.95 bits per heavy atom. The van der Waals surface area contributed by atoms with Crippen molar-refractivity contribution in [2.45, 2.75) is 13.3 Å². The molecule has 0 bridgehead atoms. The van der Waals surface area contributed by atoms with Gasteiger partial charge in [-0.15, -0.1) is 0 Å². The zero-order valence-corrected chi connectivity index (χ0v) is 14.6. The first kappa shape index (κ1) is 16.1. The van der Waals surface area contributed by atoms with Gasteiger partial charge in [-0.25, -0.2) is 0 Å². The highest BCUT2D eigenvalue weighted by molar-refractivity contribution is 9.10. The molecule has 0 unspecified atom stereocenters. The molecule has 0 radical (unpaired) electrons. The molecule has 1 saturated heterocycles. The lowest BCUT2D eigenvalue weighted by atomic mass is 10.2. The van der Waals surface area contributed by atoms with Crippen LogP contribution in [-0.4, -0.2) is 46.4 Å². The largest absolute Gasteiger partial charge is 0.492 e. The van der Waals surface area contributed by atoms with E-state index in [1.54, 1.807) is 9.80 Å². The Bertz CT molecular complexity index is 424. The summed E-state index contributed by atoms with van der Waals surface area (Å²) in [6, 6.07) is 3.83. The maximum Gasteiger partial charge on any atom is 0.136 e. The van der Waals surface area contributed by atoms with E-state index in [2.05, 4.69) is 23.0 Å². The molecule has 0 aromatic heterocycles. The molecule has 112 valence electrons. The number of benzene rings is 1. The minimum Gasteiger partial charge on any atom is -0.492 e. The Kier molecular flexibility index (Phi) is 6.15. The van der Waals surface area contributed by atoms with E-state index in [0.29, 0.717) is 0 Å². The van der Waals surface area contributed by atoms with Gasteiger partial charge in [0, 0.05) is 11.4 Å². The van der Waals surface area contributed by atoms with Crippen LogP contribution >= 0.6 is 27.5 Å². The first-order valence-corrected chi connectivity index (χ1v) is 8.46. The van der Waals surface area contributed by atoms with E-state index in [1.165, 1.54) is 32.7 Å². The number of quaternary nitrogens is 2. The van der Waals surface area contributed by atoms with E-state index < -0.39 is 0 Å². The van der Waals surface area contributed by atoms with Crippen molar-refractivity contribution < 1.29 is 14.5 Å². The molecule has 3 nitrogen and oxygen atoms in total. The second kappa shape index (κ2) is 7.64. The van der Waals surface area contributed by atoms with Crippen molar-refractivity contribution in [1.29, 1.82) is 0 Å². The minimum absolute atomic E-state index is 0.742. The lowest BCUT2D eigenvalue weighted by Crippen LogP contribution is -3.27. The normalized spacial score (nSPS) is 22.8. The third kappa shape index (κ3) is 4.62. The van der Waals surface area contributed by atoms with Gasteiger partial charge in [0.15, 0.2) is 0 Å². The highest BCUT2D eigenvalue weighted by Gasteiger charge is 2.19. The molecule has 1 aliphatic heterocycles. The van der Waals surface area contributed by atoms with Crippen molar-refractivity contribution >= 4 is 27.5 Å². The van der Waals surface area contributed by atoms with E-state index in [1.807, 2.05) is 19.1 Å². The van der Waals surface area contributed by atoms with Crippen molar-refractivity contribution in [3.8, 4) is 5.75 Å². The topological polar surface area (TPSA) is 18.1 Å². The number of rotatable bonds is 5. The number of ether oxygens (including phenoxy) is 1. The number of nitrogens with one attached hydrogen (secondary N) is 2. The van der Waals surface area contributed by atoms with Crippen LogP contribution in [0.4, 0.5) is 0 Å². The monoisotopic (exact) mass is 362 g/mol. The lowest BCUT2D eigenvalue weighted by Gasteiger charge is -2.27. The fourth-order valence-electron chi connectivity index (χ4n) is 2.65. The van der Waals surface area contributed by atoms with Gasteiger partial charge in [0.1, 0.15) is 31.9 Å². The molecule has 0 atom stereocenters. The molecule has 0 spiro atoms. The van der Waals surface area contributed by atoms with Crippen LogP contribution in [0.5, 0.6) is 5.75 Å². The molecule has 1 fully saturated rings. The fraction of sp³-hybridized carbons (Fsp3) is 0.600. The molecule has 2 rings (SSSR count). The van der Waals surface area contributed by atoms with Crippen molar-refractivity contribution in [3.63, 3.8) is 0 Å². The molecule has 1 aliphatic rings. The van der Waals surface area contributed by atoms with Crippen molar-refractivity contribution in [1.82, 2.24) is 0 Å². The third-order valence-corrected chi connectivity index (χ3v) is 4.73. The molecule has 0 aliphatic carbocycles. The van der Waals surface area contributed by atoms with Crippen molar-refractivity contribution in [2.24, 2.45) is 0 Å². The Balaban J connectivity index is 1.74. The predicted molar refractivity (Wildman–Crippen MR) is 86.2 cm³/mol. The summed E-state index contributed by atoms with van der Waals surface area (Å²) < 4.78 is 6.85. The maximum atomic E-state index is 6.01. The van der Waals surface area contributed by atoms with Crippen LogP contribution < -0.4 is 14.5 Å². The van der Waals surface area contributed by atoms with Crippen LogP contribution in [0.1, 0.15) is 12.0 Å². The second-order valence-corrected chi connectivity index (χ2v) is 6.98. The van der Waals surface area contributed by atoms with Crippen LogP contribution in [-0.2, 0) is 0 Å². The van der Waals surface area contributed by atoms with Gasteiger partial charge in [0.2, 0.25) is 0 Å². The smallest absolute Gasteiger partial charge is 0.136 e. The Hall–Kier alpha value is -0.290. The van der Waals surface area contributed by atoms with Crippen LogP contribution in [0.15, 0.2) is 16.6 Å². The summed E-state index contributed by atoms with van der Waals surface area (Å²) >= 11 is 9.52. The molecule has 5 heteroatoms. The van der Waals surface area contributed by atoms with E-state index in [4.69, 9.17) is 16.3 Å². The zero-order valence-electron chi connectivity index (χ0n) is 12.3. The molecule has 20 heavy (non-hydrogen) atoms. The lowest BCUT2D eigenvalue weighted by molar-refractivity contribution is -1.00. The van der Waals surface area contributed by atoms with Gasteiger partial charge in [-0.05, 0) is 40.5 Å². The summed E-state index contributed by atoms with van der Waals surface area (Å²) in [5.74, 6) is 0.923. The fourth-order valence-corrected chi connectivity index (χ4v) is 3.73. The van der Waals surface area contributed by atoms with Gasteiger partial charge in [-0.3, -0.25) is 0 Å². The molecule has 0 saturated carbocycles. The van der Waals surface area contributed by atoms with Crippen molar-refractivity contribution in [3.05, 3.63) is 27.2 Å². The van der Waals surface area contributed by atoms with Gasteiger partial charge in [-0.1, -0.05) is 11.6 Å². The first-order chi connectivity index (χ1) is 9.56. The zero-order chi connectivity index (χ0) is 14.5. The van der Waals surface area contributed by atoms with E-state index in [9.17, 15) is 0 Å². The SMILES string of the molecule is Cc1cc(Cl)cc(Br)c1OCCC[NH+]1CC[NH+](C)CC1. The molecule has 0 amide bonds. The summed E-state index contributed by atoms with van der Waals surface area (Å²) in [5, 5.41) is 0.742. The Morgan fingerprint density at radius 3 is 2.60 bits per heavy atom. The minimum atomic E-state index is 0.742. The van der Waals surface area contributed by atoms with Crippen LogP contribution in [0.3, 0.4) is 0 Å². The highest BCUT2D eigenvalue weighted by atomic mass is 79.9. The summed E-state index contributed by atoms with van der Waals surface area (Å²) in [4.78, 5) is 3.37. The summed E-state index contributed by atoms with van der Waals surface area (Å²) in [7, 11) is 2.28. The molecule has 1 aromatic rings. The first-order valence-electron chi connectivity index (χ1n) is 7.29. The van der Waals surface area contributed by atoms with Crippen molar-refractivity contribution in [2.75, 3.05) is 46.4 Å². The summed E-state index contributed by atoms with van der Waals surface area (Å²) in [5.41, 5.74) is 1.08. The number of halogens is 2. The summed E-state index contributed by atoms with van der Waals surface area (Å²) in [6.45, 7) is 9.16. The number of piperazine rings is 1. The standard InChI is InChI=1S/C15H22BrClN2O/c1-12-10-13(17)11-14(16)15(12)20-9-3-4-19-7-5-18(2)6-8-19/h10-11H,3-9H2,1-2H3/p+2. The second-order valence-electron chi connectivity index (χ2n) is 5.69. The van der Waals surface area contributed by atoms with Crippen LogP contribution in [0, 0.1) is 6.92 Å². The molecular weight excluding hydrogens is 340 g/mol. The van der Waals surface area contributed by atoms with Crippen LogP contribution in [0.2, 0.25) is 5.02 Å².